The Balaban J connectivity index is 2.68. The molecule has 1 aromatic heterocycles. The van der Waals surface area contributed by atoms with Gasteiger partial charge < -0.3 is 0 Å². The van der Waals surface area contributed by atoms with Gasteiger partial charge in [-0.2, -0.15) is 3.89 Å². The number of halogens is 1. The van der Waals surface area contributed by atoms with Gasteiger partial charge in [-0.1, -0.05) is 26.8 Å². The fourth-order valence-electron chi connectivity index (χ4n) is 3.15. The monoisotopic (exact) mass is 354 g/mol. The summed E-state index contributed by atoms with van der Waals surface area (Å²) < 4.78 is 17.8. The largest absolute Gasteiger partial charge is 0.183 e. The molecule has 0 N–H and O–H groups in total. The van der Waals surface area contributed by atoms with Gasteiger partial charge in [-0.15, -0.1) is 11.3 Å². The van der Waals surface area contributed by atoms with Crippen molar-refractivity contribution in [1.82, 2.24) is 0 Å². The Kier molecular flexibility index (Phi) is 4.48. The van der Waals surface area contributed by atoms with E-state index in [-0.39, 0.29) is 14.9 Å². The molecule has 0 nitrogen and oxygen atoms in total. The van der Waals surface area contributed by atoms with E-state index < -0.39 is 10.4 Å². The van der Waals surface area contributed by atoms with Crippen molar-refractivity contribution >= 4 is 31.8 Å². The second-order valence-electron chi connectivity index (χ2n) is 9.33. The van der Waals surface area contributed by atoms with Crippen LogP contribution in [0.2, 0.25) is 0 Å². The van der Waals surface area contributed by atoms with Crippen LogP contribution in [0.4, 0.5) is 3.89 Å². The molecule has 0 atom stereocenters. The lowest BCUT2D eigenvalue weighted by Gasteiger charge is -2.51. The summed E-state index contributed by atoms with van der Waals surface area (Å²) in [7, 11) is -2.44. The third kappa shape index (κ3) is 3.19. The average molecular weight is 355 g/mol. The first-order valence-corrected chi connectivity index (χ1v) is 10.6. The van der Waals surface area contributed by atoms with Crippen LogP contribution in [0.15, 0.2) is 28.5 Å². The third-order valence-corrected chi connectivity index (χ3v) is 10.2. The van der Waals surface area contributed by atoms with E-state index in [4.69, 9.17) is 0 Å². The standard InChI is InChI=1S/C20H31FS2/c1-18(2,3)15-10-11-16-14(12-15)13-17(22-16)23(21,19(4,5)6)20(7,8)9/h10-13H,1-9H3. The molecule has 0 radical (unpaired) electrons. The van der Waals surface area contributed by atoms with E-state index in [1.165, 1.54) is 15.6 Å². The van der Waals surface area contributed by atoms with Crippen LogP contribution < -0.4 is 0 Å². The molecule has 2 rings (SSSR count). The van der Waals surface area contributed by atoms with Gasteiger partial charge in [0.2, 0.25) is 0 Å². The molecule has 0 amide bonds. The molecule has 1 aromatic carbocycles. The first kappa shape index (κ1) is 18.8. The molecule has 0 aliphatic heterocycles. The van der Waals surface area contributed by atoms with Crippen molar-refractivity contribution < 1.29 is 3.89 Å². The minimum Gasteiger partial charge on any atom is -0.183 e. The van der Waals surface area contributed by atoms with Crippen molar-refractivity contribution in [2.45, 2.75) is 81.4 Å². The zero-order valence-electron chi connectivity index (χ0n) is 16.0. The third-order valence-electron chi connectivity index (χ3n) is 4.32. The molecular formula is C20H31FS2. The van der Waals surface area contributed by atoms with Gasteiger partial charge in [0.25, 0.3) is 0 Å². The second kappa shape index (κ2) is 5.49. The maximum Gasteiger partial charge on any atom is 0.0720 e. The zero-order valence-corrected chi connectivity index (χ0v) is 17.6. The van der Waals surface area contributed by atoms with Crippen molar-refractivity contribution in [3.63, 3.8) is 0 Å². The van der Waals surface area contributed by atoms with Crippen molar-refractivity contribution in [1.29, 1.82) is 0 Å². The molecule has 0 saturated heterocycles. The highest BCUT2D eigenvalue weighted by Crippen LogP contribution is 2.75. The van der Waals surface area contributed by atoms with Crippen LogP contribution in [0.25, 0.3) is 10.1 Å². The summed E-state index contributed by atoms with van der Waals surface area (Å²) in [5, 5.41) is 1.18. The number of benzene rings is 1. The molecule has 2 aromatic rings. The summed E-state index contributed by atoms with van der Waals surface area (Å²) in [6.07, 6.45) is 0. The van der Waals surface area contributed by atoms with E-state index in [2.05, 4.69) is 45.0 Å². The van der Waals surface area contributed by atoms with Crippen molar-refractivity contribution in [3.05, 3.63) is 29.8 Å². The maximum atomic E-state index is 16.4. The lowest BCUT2D eigenvalue weighted by Crippen LogP contribution is -2.35. The highest BCUT2D eigenvalue weighted by atomic mass is 32.3. The van der Waals surface area contributed by atoms with Gasteiger partial charge in [0.1, 0.15) is 0 Å². The van der Waals surface area contributed by atoms with Gasteiger partial charge in [-0.3, -0.25) is 0 Å². The van der Waals surface area contributed by atoms with Gasteiger partial charge in [0.05, 0.1) is 4.21 Å². The first-order chi connectivity index (χ1) is 10.2. The Morgan fingerprint density at radius 1 is 0.826 bits per heavy atom. The van der Waals surface area contributed by atoms with Crippen LogP contribution in [-0.2, 0) is 5.41 Å². The molecule has 3 heteroatoms. The van der Waals surface area contributed by atoms with Crippen LogP contribution in [-0.4, -0.2) is 9.49 Å². The molecular weight excluding hydrogens is 323 g/mol. The molecule has 0 aliphatic carbocycles. The van der Waals surface area contributed by atoms with Gasteiger partial charge >= 0.3 is 0 Å². The van der Waals surface area contributed by atoms with E-state index in [0.29, 0.717) is 0 Å². The smallest absolute Gasteiger partial charge is 0.0720 e. The number of hydrogen-bond donors (Lipinski definition) is 0. The van der Waals surface area contributed by atoms with E-state index in [9.17, 15) is 0 Å². The Hall–Kier alpha value is -0.540. The molecule has 0 unspecified atom stereocenters. The Labute approximate surface area is 147 Å². The predicted octanol–water partition coefficient (Wildman–Crippen LogP) is 7.84. The molecule has 0 fully saturated rings. The lowest BCUT2D eigenvalue weighted by atomic mass is 9.87. The first-order valence-electron chi connectivity index (χ1n) is 8.24. The van der Waals surface area contributed by atoms with Crippen LogP contribution in [0.1, 0.15) is 67.9 Å². The molecule has 23 heavy (non-hydrogen) atoms. The minimum absolute atomic E-state index is 0.115. The summed E-state index contributed by atoms with van der Waals surface area (Å²) in [6, 6.07) is 8.70. The topological polar surface area (TPSA) is 0 Å². The SMILES string of the molecule is CC(C)(C)c1ccc2sc(S(F)(C(C)(C)C)C(C)(C)C)cc2c1. The minimum atomic E-state index is -2.44. The summed E-state index contributed by atoms with van der Waals surface area (Å²) in [5.41, 5.74) is 1.42. The molecule has 0 aliphatic rings. The lowest BCUT2D eigenvalue weighted by molar-refractivity contribution is 0.591. The van der Waals surface area contributed by atoms with Crippen molar-refractivity contribution in [3.8, 4) is 0 Å². The second-order valence-corrected chi connectivity index (χ2v) is 14.6. The number of hydrogen-bond acceptors (Lipinski definition) is 1. The maximum absolute atomic E-state index is 16.4. The highest BCUT2D eigenvalue weighted by molar-refractivity contribution is 8.32. The average Bonchev–Trinajstić information content (AvgIpc) is 2.76. The summed E-state index contributed by atoms with van der Waals surface area (Å²) in [5.74, 6) is 0. The summed E-state index contributed by atoms with van der Waals surface area (Å²) in [6.45, 7) is 18.9. The Bertz CT molecular complexity index is 692. The van der Waals surface area contributed by atoms with E-state index in [1.54, 1.807) is 11.3 Å². The Morgan fingerprint density at radius 3 is 1.78 bits per heavy atom. The van der Waals surface area contributed by atoms with Crippen molar-refractivity contribution in [2.75, 3.05) is 0 Å². The molecule has 0 saturated carbocycles. The zero-order chi connectivity index (χ0) is 17.8. The van der Waals surface area contributed by atoms with Crippen LogP contribution in [0.5, 0.6) is 0 Å². The van der Waals surface area contributed by atoms with Gasteiger partial charge in [0.15, 0.2) is 0 Å². The number of rotatable bonds is 1. The predicted molar refractivity (Wildman–Crippen MR) is 107 cm³/mol. The van der Waals surface area contributed by atoms with Crippen molar-refractivity contribution in [2.24, 2.45) is 0 Å². The highest BCUT2D eigenvalue weighted by Gasteiger charge is 2.49. The molecule has 130 valence electrons. The molecule has 0 bridgehead atoms. The van der Waals surface area contributed by atoms with Gasteiger partial charge in [-0.25, -0.2) is 0 Å². The molecule has 1 heterocycles. The van der Waals surface area contributed by atoms with Gasteiger partial charge in [0, 0.05) is 14.2 Å². The van der Waals surface area contributed by atoms with E-state index in [1.807, 2.05) is 41.5 Å². The van der Waals surface area contributed by atoms with Crippen LogP contribution in [0.3, 0.4) is 0 Å². The summed E-state index contributed by atoms with van der Waals surface area (Å²) in [4.78, 5) is 0. The Morgan fingerprint density at radius 2 is 1.35 bits per heavy atom. The normalized spacial score (nSPS) is 15.2. The van der Waals surface area contributed by atoms with Gasteiger partial charge in [-0.05, 0) is 86.5 Å². The fourth-order valence-corrected chi connectivity index (χ4v) is 9.48. The summed E-state index contributed by atoms with van der Waals surface area (Å²) >= 11 is 1.64. The quantitative estimate of drug-likeness (QED) is 0.489. The van der Waals surface area contributed by atoms with Crippen LogP contribution >= 0.6 is 21.8 Å². The van der Waals surface area contributed by atoms with E-state index >= 15 is 3.89 Å². The fraction of sp³-hybridized carbons (Fsp3) is 0.600. The molecule has 0 spiro atoms. The van der Waals surface area contributed by atoms with E-state index in [0.717, 1.165) is 4.21 Å². The van der Waals surface area contributed by atoms with Crippen LogP contribution in [0, 0.1) is 0 Å². The number of fused-ring (bicyclic) bond motifs is 1. The number of thiophene rings is 1.